The molecule has 0 saturated heterocycles. The minimum absolute atomic E-state index is 0.130. The third-order valence-corrected chi connectivity index (χ3v) is 3.34. The van der Waals surface area contributed by atoms with Crippen LogP contribution in [0.5, 0.6) is 0 Å². The number of nitrogens with one attached hydrogen (secondary N) is 2. The van der Waals surface area contributed by atoms with Crippen molar-refractivity contribution in [3.63, 3.8) is 0 Å². The highest BCUT2D eigenvalue weighted by atomic mass is 16.1. The van der Waals surface area contributed by atoms with Gasteiger partial charge in [-0.15, -0.1) is 0 Å². The molecule has 3 heteroatoms. The number of hydrogen-bond acceptors (Lipinski definition) is 2. The molecule has 1 aliphatic carbocycles. The van der Waals surface area contributed by atoms with E-state index in [1.165, 1.54) is 25.7 Å². The van der Waals surface area contributed by atoms with Gasteiger partial charge in [0.05, 0.1) is 6.54 Å². The van der Waals surface area contributed by atoms with Gasteiger partial charge in [-0.3, -0.25) is 4.79 Å². The van der Waals surface area contributed by atoms with Gasteiger partial charge >= 0.3 is 0 Å². The summed E-state index contributed by atoms with van der Waals surface area (Å²) in [5.74, 6) is 1.78. The van der Waals surface area contributed by atoms with E-state index < -0.39 is 0 Å². The maximum absolute atomic E-state index is 11.3. The van der Waals surface area contributed by atoms with Gasteiger partial charge in [0.25, 0.3) is 0 Å². The van der Waals surface area contributed by atoms with Crippen LogP contribution in [0, 0.1) is 11.8 Å². The summed E-state index contributed by atoms with van der Waals surface area (Å²) < 4.78 is 0. The Morgan fingerprint density at radius 1 is 1.38 bits per heavy atom. The molecule has 0 radical (unpaired) electrons. The summed E-state index contributed by atoms with van der Waals surface area (Å²) in [7, 11) is 0. The number of amides is 1. The molecule has 2 unspecified atom stereocenters. The molecule has 1 saturated carbocycles. The predicted octanol–water partition coefficient (Wildman–Crippen LogP) is 1.93. The first-order valence-electron chi connectivity index (χ1n) is 6.69. The topological polar surface area (TPSA) is 41.1 Å². The highest BCUT2D eigenvalue weighted by molar-refractivity contribution is 5.77. The summed E-state index contributed by atoms with van der Waals surface area (Å²) in [5.41, 5.74) is 0. The van der Waals surface area contributed by atoms with Crippen molar-refractivity contribution in [3.8, 4) is 0 Å². The first-order chi connectivity index (χ1) is 7.72. The standard InChI is InChI=1S/C13H26N2O/c1-3-7-15-13(16)10-14-9-12-6-4-5-11(2)8-12/h11-12,14H,3-10H2,1-2H3,(H,15,16). The lowest BCUT2D eigenvalue weighted by Gasteiger charge is -2.26. The van der Waals surface area contributed by atoms with Crippen LogP contribution in [0.4, 0.5) is 0 Å². The van der Waals surface area contributed by atoms with Crippen molar-refractivity contribution in [2.45, 2.75) is 46.0 Å². The van der Waals surface area contributed by atoms with E-state index >= 15 is 0 Å². The third-order valence-electron chi connectivity index (χ3n) is 3.34. The molecule has 2 N–H and O–H groups in total. The van der Waals surface area contributed by atoms with Gasteiger partial charge < -0.3 is 10.6 Å². The maximum Gasteiger partial charge on any atom is 0.233 e. The summed E-state index contributed by atoms with van der Waals surface area (Å²) in [6, 6.07) is 0. The molecule has 16 heavy (non-hydrogen) atoms. The summed E-state index contributed by atoms with van der Waals surface area (Å²) in [4.78, 5) is 11.3. The average Bonchev–Trinajstić information content (AvgIpc) is 2.26. The van der Waals surface area contributed by atoms with Gasteiger partial charge in [0.15, 0.2) is 0 Å². The first kappa shape index (κ1) is 13.5. The minimum Gasteiger partial charge on any atom is -0.355 e. The fourth-order valence-corrected chi connectivity index (χ4v) is 2.46. The molecule has 0 bridgehead atoms. The van der Waals surface area contributed by atoms with Crippen LogP contribution in [0.15, 0.2) is 0 Å². The van der Waals surface area contributed by atoms with E-state index in [1.807, 2.05) is 0 Å². The maximum atomic E-state index is 11.3. The van der Waals surface area contributed by atoms with Gasteiger partial charge in [-0.25, -0.2) is 0 Å². The van der Waals surface area contributed by atoms with Crippen LogP contribution in [-0.4, -0.2) is 25.5 Å². The summed E-state index contributed by atoms with van der Waals surface area (Å²) in [5, 5.41) is 6.15. The SMILES string of the molecule is CCCNC(=O)CNCC1CCCC(C)C1. The molecular formula is C13H26N2O. The molecule has 2 atom stereocenters. The van der Waals surface area contributed by atoms with Crippen molar-refractivity contribution < 1.29 is 4.79 Å². The second kappa shape index (κ2) is 7.66. The van der Waals surface area contributed by atoms with E-state index in [0.717, 1.165) is 31.3 Å². The van der Waals surface area contributed by atoms with Crippen LogP contribution in [0.3, 0.4) is 0 Å². The highest BCUT2D eigenvalue weighted by Gasteiger charge is 2.18. The Morgan fingerprint density at radius 3 is 2.88 bits per heavy atom. The van der Waals surface area contributed by atoms with Crippen LogP contribution in [0.25, 0.3) is 0 Å². The van der Waals surface area contributed by atoms with E-state index in [0.29, 0.717) is 6.54 Å². The Labute approximate surface area is 99.4 Å². The zero-order valence-electron chi connectivity index (χ0n) is 10.7. The second-order valence-corrected chi connectivity index (χ2v) is 5.12. The largest absolute Gasteiger partial charge is 0.355 e. The van der Waals surface area contributed by atoms with E-state index in [1.54, 1.807) is 0 Å². The van der Waals surface area contributed by atoms with Crippen molar-refractivity contribution in [1.29, 1.82) is 0 Å². The van der Waals surface area contributed by atoms with E-state index in [-0.39, 0.29) is 5.91 Å². The van der Waals surface area contributed by atoms with Gasteiger partial charge in [0, 0.05) is 6.54 Å². The van der Waals surface area contributed by atoms with Gasteiger partial charge in [-0.2, -0.15) is 0 Å². The molecule has 1 amide bonds. The smallest absolute Gasteiger partial charge is 0.233 e. The van der Waals surface area contributed by atoms with Crippen molar-refractivity contribution >= 4 is 5.91 Å². The molecule has 1 rings (SSSR count). The Hall–Kier alpha value is -0.570. The normalized spacial score (nSPS) is 25.4. The van der Waals surface area contributed by atoms with Gasteiger partial charge in [0.2, 0.25) is 5.91 Å². The molecule has 0 aliphatic heterocycles. The van der Waals surface area contributed by atoms with Gasteiger partial charge in [-0.05, 0) is 37.6 Å². The van der Waals surface area contributed by atoms with Crippen LogP contribution in [0.2, 0.25) is 0 Å². The molecule has 1 fully saturated rings. The highest BCUT2D eigenvalue weighted by Crippen LogP contribution is 2.27. The van der Waals surface area contributed by atoms with Crippen LogP contribution < -0.4 is 10.6 Å². The molecule has 0 heterocycles. The summed E-state index contributed by atoms with van der Waals surface area (Å²) in [6.07, 6.45) is 6.40. The molecule has 0 aromatic heterocycles. The van der Waals surface area contributed by atoms with Crippen LogP contribution >= 0.6 is 0 Å². The van der Waals surface area contributed by atoms with Gasteiger partial charge in [-0.1, -0.05) is 26.7 Å². The summed E-state index contributed by atoms with van der Waals surface area (Å²) in [6.45, 7) is 6.67. The molecule has 1 aliphatic rings. The zero-order valence-corrected chi connectivity index (χ0v) is 10.7. The number of carbonyl (C=O) groups excluding carboxylic acids is 1. The first-order valence-corrected chi connectivity index (χ1v) is 6.69. The van der Waals surface area contributed by atoms with Crippen molar-refractivity contribution in [3.05, 3.63) is 0 Å². The monoisotopic (exact) mass is 226 g/mol. The quantitative estimate of drug-likeness (QED) is 0.726. The number of hydrogen-bond donors (Lipinski definition) is 2. The van der Waals surface area contributed by atoms with E-state index in [4.69, 9.17) is 0 Å². The van der Waals surface area contributed by atoms with Crippen molar-refractivity contribution in [2.75, 3.05) is 19.6 Å². The Bertz CT molecular complexity index is 206. The van der Waals surface area contributed by atoms with E-state index in [9.17, 15) is 4.79 Å². The molecule has 94 valence electrons. The Morgan fingerprint density at radius 2 is 2.19 bits per heavy atom. The Balaban J connectivity index is 2.03. The fourth-order valence-electron chi connectivity index (χ4n) is 2.46. The lowest BCUT2D eigenvalue weighted by atomic mass is 9.82. The van der Waals surface area contributed by atoms with Crippen molar-refractivity contribution in [2.24, 2.45) is 11.8 Å². The molecule has 0 spiro atoms. The minimum atomic E-state index is 0.130. The number of rotatable bonds is 6. The molecule has 3 nitrogen and oxygen atoms in total. The zero-order chi connectivity index (χ0) is 11.8. The lowest BCUT2D eigenvalue weighted by Crippen LogP contribution is -2.37. The van der Waals surface area contributed by atoms with Gasteiger partial charge in [0.1, 0.15) is 0 Å². The van der Waals surface area contributed by atoms with Crippen molar-refractivity contribution in [1.82, 2.24) is 10.6 Å². The second-order valence-electron chi connectivity index (χ2n) is 5.12. The van der Waals surface area contributed by atoms with Crippen LogP contribution in [-0.2, 0) is 4.79 Å². The molecule has 0 aromatic carbocycles. The van der Waals surface area contributed by atoms with Crippen LogP contribution in [0.1, 0.15) is 46.0 Å². The Kier molecular flexibility index (Phi) is 6.46. The fraction of sp³-hybridized carbons (Fsp3) is 0.923. The number of carbonyl (C=O) groups is 1. The molecular weight excluding hydrogens is 200 g/mol. The molecule has 0 aromatic rings. The third kappa shape index (κ3) is 5.50. The average molecular weight is 226 g/mol. The summed E-state index contributed by atoms with van der Waals surface area (Å²) >= 11 is 0. The predicted molar refractivity (Wildman–Crippen MR) is 67.3 cm³/mol. The van der Waals surface area contributed by atoms with E-state index in [2.05, 4.69) is 24.5 Å². The lowest BCUT2D eigenvalue weighted by molar-refractivity contribution is -0.120.